The van der Waals surface area contributed by atoms with Crippen molar-refractivity contribution in [3.05, 3.63) is 57.9 Å². The first-order valence-electron chi connectivity index (χ1n) is 4.76. The van der Waals surface area contributed by atoms with Gasteiger partial charge in [-0.3, -0.25) is 0 Å². The molecule has 0 aromatic heterocycles. The Balaban J connectivity index is 2.50. The number of halogens is 2. The van der Waals surface area contributed by atoms with E-state index in [2.05, 4.69) is 22.6 Å². The predicted molar refractivity (Wildman–Crippen MR) is 71.0 cm³/mol. The van der Waals surface area contributed by atoms with Gasteiger partial charge in [0.05, 0.1) is 9.79 Å². The molecule has 2 aromatic rings. The normalized spacial score (nSPS) is 11.4. The van der Waals surface area contributed by atoms with Crippen molar-refractivity contribution in [3.8, 4) is 0 Å². The Morgan fingerprint density at radius 2 is 1.24 bits per heavy atom. The minimum atomic E-state index is -3.54. The Labute approximate surface area is 113 Å². The first-order chi connectivity index (χ1) is 8.00. The molecule has 0 amide bonds. The molecule has 2 nitrogen and oxygen atoms in total. The Kier molecular flexibility index (Phi) is 3.48. The van der Waals surface area contributed by atoms with Crippen LogP contribution in [0.4, 0.5) is 4.39 Å². The molecular formula is C12H8FIO2S. The van der Waals surface area contributed by atoms with E-state index in [1.807, 2.05) is 0 Å². The van der Waals surface area contributed by atoms with Crippen molar-refractivity contribution in [2.45, 2.75) is 9.79 Å². The molecule has 0 saturated carbocycles. The Morgan fingerprint density at radius 3 is 1.71 bits per heavy atom. The van der Waals surface area contributed by atoms with E-state index < -0.39 is 15.7 Å². The second-order valence-electron chi connectivity index (χ2n) is 3.41. The summed E-state index contributed by atoms with van der Waals surface area (Å²) in [6, 6.07) is 11.3. The Morgan fingerprint density at radius 1 is 0.824 bits per heavy atom. The molecule has 2 aromatic carbocycles. The highest BCUT2D eigenvalue weighted by atomic mass is 127. The number of hydrogen-bond donors (Lipinski definition) is 0. The highest BCUT2D eigenvalue weighted by Gasteiger charge is 2.16. The van der Waals surface area contributed by atoms with E-state index in [-0.39, 0.29) is 9.79 Å². The van der Waals surface area contributed by atoms with Crippen LogP contribution in [0.3, 0.4) is 0 Å². The Bertz CT molecular complexity index is 567. The summed E-state index contributed by atoms with van der Waals surface area (Å²) < 4.78 is 38.0. The molecule has 0 radical (unpaired) electrons. The fourth-order valence-electron chi connectivity index (χ4n) is 1.36. The molecule has 0 atom stereocenters. The highest BCUT2D eigenvalue weighted by Crippen LogP contribution is 2.21. The van der Waals surface area contributed by atoms with Gasteiger partial charge in [0.25, 0.3) is 0 Å². The fraction of sp³-hybridized carbons (Fsp3) is 0. The van der Waals surface area contributed by atoms with Crippen LogP contribution in [-0.2, 0) is 9.84 Å². The molecule has 0 N–H and O–H groups in total. The number of sulfone groups is 1. The zero-order valence-electron chi connectivity index (χ0n) is 8.60. The van der Waals surface area contributed by atoms with Gasteiger partial charge in [0.15, 0.2) is 0 Å². The molecule has 0 bridgehead atoms. The molecule has 17 heavy (non-hydrogen) atoms. The van der Waals surface area contributed by atoms with E-state index in [4.69, 9.17) is 0 Å². The lowest BCUT2D eigenvalue weighted by molar-refractivity contribution is 0.594. The predicted octanol–water partition coefficient (Wildman–Crippen LogP) is 3.26. The van der Waals surface area contributed by atoms with Crippen molar-refractivity contribution in [1.29, 1.82) is 0 Å². The molecule has 0 unspecified atom stereocenters. The molecule has 0 aliphatic carbocycles. The third-order valence-corrected chi connectivity index (χ3v) is 4.75. The van der Waals surface area contributed by atoms with Gasteiger partial charge >= 0.3 is 0 Å². The standard InChI is InChI=1S/C12H8FIO2S/c13-9-1-5-11(6-2-9)17(15,16)12-7-3-10(14)4-8-12/h1-8H. The Hall–Kier alpha value is -0.950. The average Bonchev–Trinajstić information content (AvgIpc) is 2.30. The summed E-state index contributed by atoms with van der Waals surface area (Å²) in [6.45, 7) is 0. The highest BCUT2D eigenvalue weighted by molar-refractivity contribution is 14.1. The zero-order valence-corrected chi connectivity index (χ0v) is 11.6. The molecule has 88 valence electrons. The SMILES string of the molecule is O=S(=O)(c1ccc(F)cc1)c1ccc(I)cc1. The molecule has 0 aliphatic rings. The number of benzene rings is 2. The van der Waals surface area contributed by atoms with Crippen LogP contribution in [0.5, 0.6) is 0 Å². The van der Waals surface area contributed by atoms with E-state index in [0.29, 0.717) is 0 Å². The van der Waals surface area contributed by atoms with Gasteiger partial charge in [-0.25, -0.2) is 12.8 Å². The summed E-state index contributed by atoms with van der Waals surface area (Å²) in [7, 11) is -3.54. The lowest BCUT2D eigenvalue weighted by Crippen LogP contribution is -2.01. The fourth-order valence-corrected chi connectivity index (χ4v) is 2.98. The van der Waals surface area contributed by atoms with Crippen LogP contribution in [0.15, 0.2) is 58.3 Å². The van der Waals surface area contributed by atoms with Crippen molar-refractivity contribution in [2.24, 2.45) is 0 Å². The minimum Gasteiger partial charge on any atom is -0.219 e. The summed E-state index contributed by atoms with van der Waals surface area (Å²) in [5.41, 5.74) is 0. The van der Waals surface area contributed by atoms with Gasteiger partial charge in [0.1, 0.15) is 5.82 Å². The summed E-state index contributed by atoms with van der Waals surface area (Å²) in [4.78, 5) is 0.310. The largest absolute Gasteiger partial charge is 0.219 e. The maximum absolute atomic E-state index is 12.7. The molecule has 0 fully saturated rings. The third-order valence-electron chi connectivity index (χ3n) is 2.25. The molecule has 0 heterocycles. The van der Waals surface area contributed by atoms with E-state index >= 15 is 0 Å². The molecule has 0 saturated heterocycles. The summed E-state index contributed by atoms with van der Waals surface area (Å²) in [5, 5.41) is 0. The van der Waals surface area contributed by atoms with Crippen LogP contribution in [0.1, 0.15) is 0 Å². The molecule has 5 heteroatoms. The summed E-state index contributed by atoms with van der Waals surface area (Å²) in [6.07, 6.45) is 0. The van der Waals surface area contributed by atoms with Gasteiger partial charge < -0.3 is 0 Å². The third kappa shape index (κ3) is 2.66. The molecule has 2 rings (SSSR count). The van der Waals surface area contributed by atoms with Crippen LogP contribution in [0, 0.1) is 9.39 Å². The molecule has 0 aliphatic heterocycles. The van der Waals surface area contributed by atoms with E-state index in [1.165, 1.54) is 12.1 Å². The van der Waals surface area contributed by atoms with Crippen molar-refractivity contribution in [2.75, 3.05) is 0 Å². The first-order valence-corrected chi connectivity index (χ1v) is 7.32. The zero-order chi connectivity index (χ0) is 12.5. The maximum atomic E-state index is 12.7. The van der Waals surface area contributed by atoms with Gasteiger partial charge in [-0.2, -0.15) is 0 Å². The topological polar surface area (TPSA) is 34.1 Å². The quantitative estimate of drug-likeness (QED) is 0.607. The van der Waals surface area contributed by atoms with E-state index in [1.54, 1.807) is 24.3 Å². The minimum absolute atomic E-state index is 0.0973. The monoisotopic (exact) mass is 362 g/mol. The van der Waals surface area contributed by atoms with Gasteiger partial charge in [-0.15, -0.1) is 0 Å². The van der Waals surface area contributed by atoms with Crippen LogP contribution in [0.2, 0.25) is 0 Å². The maximum Gasteiger partial charge on any atom is 0.206 e. The van der Waals surface area contributed by atoms with Crippen molar-refractivity contribution in [3.63, 3.8) is 0 Å². The molecule has 0 spiro atoms. The second kappa shape index (κ2) is 4.73. The van der Waals surface area contributed by atoms with E-state index in [0.717, 1.165) is 15.7 Å². The smallest absolute Gasteiger partial charge is 0.206 e. The van der Waals surface area contributed by atoms with Crippen molar-refractivity contribution >= 4 is 32.4 Å². The second-order valence-corrected chi connectivity index (χ2v) is 6.61. The number of rotatable bonds is 2. The van der Waals surface area contributed by atoms with Crippen LogP contribution < -0.4 is 0 Å². The van der Waals surface area contributed by atoms with Gasteiger partial charge in [0.2, 0.25) is 9.84 Å². The van der Waals surface area contributed by atoms with Gasteiger partial charge in [-0.05, 0) is 71.1 Å². The van der Waals surface area contributed by atoms with Crippen molar-refractivity contribution < 1.29 is 12.8 Å². The van der Waals surface area contributed by atoms with Crippen LogP contribution in [-0.4, -0.2) is 8.42 Å². The molecular weight excluding hydrogens is 354 g/mol. The van der Waals surface area contributed by atoms with Gasteiger partial charge in [0, 0.05) is 3.57 Å². The van der Waals surface area contributed by atoms with E-state index in [9.17, 15) is 12.8 Å². The summed E-state index contributed by atoms with van der Waals surface area (Å²) in [5.74, 6) is -0.452. The van der Waals surface area contributed by atoms with Gasteiger partial charge in [-0.1, -0.05) is 0 Å². The summed E-state index contributed by atoms with van der Waals surface area (Å²) >= 11 is 2.10. The first kappa shape index (κ1) is 12.5. The lowest BCUT2D eigenvalue weighted by Gasteiger charge is -2.04. The average molecular weight is 362 g/mol. The van der Waals surface area contributed by atoms with Crippen LogP contribution in [0.25, 0.3) is 0 Å². The number of hydrogen-bond acceptors (Lipinski definition) is 2. The van der Waals surface area contributed by atoms with Crippen molar-refractivity contribution in [1.82, 2.24) is 0 Å². The lowest BCUT2D eigenvalue weighted by atomic mass is 10.3. The van der Waals surface area contributed by atoms with Crippen LogP contribution >= 0.6 is 22.6 Å².